The highest BCUT2D eigenvalue weighted by Crippen LogP contribution is 2.16. The largest absolute Gasteiger partial charge is 0.283 e. The van der Waals surface area contributed by atoms with Gasteiger partial charge in [-0.1, -0.05) is 48.5 Å². The monoisotopic (exact) mass is 381 g/mol. The molecule has 2 heterocycles. The standard InChI is InChI=1S/C22H15N5O2/c28-21(17-11-10-15-6-4-5-7-16(15)12-17)25-26-14-23-20-19(22(26)29)13-24-27(20)18-8-2-1-3-9-18/h1-14H,(H,25,28). The van der Waals surface area contributed by atoms with Crippen molar-refractivity contribution < 1.29 is 4.79 Å². The number of amides is 1. The molecule has 0 aliphatic heterocycles. The Bertz CT molecular complexity index is 1420. The molecule has 29 heavy (non-hydrogen) atoms. The van der Waals surface area contributed by atoms with E-state index in [2.05, 4.69) is 15.5 Å². The molecule has 0 spiro atoms. The van der Waals surface area contributed by atoms with Crippen molar-refractivity contribution in [2.45, 2.75) is 0 Å². The molecule has 0 unspecified atom stereocenters. The van der Waals surface area contributed by atoms with E-state index in [1.54, 1.807) is 16.8 Å². The highest BCUT2D eigenvalue weighted by atomic mass is 16.2. The number of carbonyl (C=O) groups is 1. The number of rotatable bonds is 3. The fraction of sp³-hybridized carbons (Fsp3) is 0. The van der Waals surface area contributed by atoms with Gasteiger partial charge in [-0.15, -0.1) is 0 Å². The zero-order valence-electron chi connectivity index (χ0n) is 15.2. The number of nitrogens with one attached hydrogen (secondary N) is 1. The number of fused-ring (bicyclic) bond motifs is 2. The summed E-state index contributed by atoms with van der Waals surface area (Å²) in [6.45, 7) is 0. The van der Waals surface area contributed by atoms with E-state index in [0.717, 1.165) is 21.1 Å². The van der Waals surface area contributed by atoms with Crippen LogP contribution in [0.5, 0.6) is 0 Å². The number of hydrogen-bond donors (Lipinski definition) is 1. The van der Waals surface area contributed by atoms with Gasteiger partial charge >= 0.3 is 0 Å². The fourth-order valence-corrected chi connectivity index (χ4v) is 3.25. The van der Waals surface area contributed by atoms with E-state index in [1.807, 2.05) is 60.7 Å². The molecule has 5 aromatic rings. The van der Waals surface area contributed by atoms with Crippen molar-refractivity contribution in [1.82, 2.24) is 19.4 Å². The lowest BCUT2D eigenvalue weighted by Gasteiger charge is -2.09. The Kier molecular flexibility index (Phi) is 3.91. The Hall–Kier alpha value is -4.26. The smallest absolute Gasteiger partial charge is 0.267 e. The van der Waals surface area contributed by atoms with Crippen LogP contribution in [0, 0.1) is 0 Å². The predicted molar refractivity (Wildman–Crippen MR) is 111 cm³/mol. The molecule has 0 saturated carbocycles. The molecule has 140 valence electrons. The summed E-state index contributed by atoms with van der Waals surface area (Å²) in [5.41, 5.74) is 3.88. The van der Waals surface area contributed by atoms with E-state index in [1.165, 1.54) is 12.5 Å². The molecule has 0 fully saturated rings. The average molecular weight is 381 g/mol. The van der Waals surface area contributed by atoms with E-state index < -0.39 is 11.5 Å². The van der Waals surface area contributed by atoms with Gasteiger partial charge in [0.25, 0.3) is 11.5 Å². The molecule has 0 radical (unpaired) electrons. The lowest BCUT2D eigenvalue weighted by molar-refractivity contribution is 0.101. The summed E-state index contributed by atoms with van der Waals surface area (Å²) in [5.74, 6) is -0.394. The van der Waals surface area contributed by atoms with Crippen LogP contribution in [0.1, 0.15) is 10.4 Å². The van der Waals surface area contributed by atoms with Crippen molar-refractivity contribution in [3.63, 3.8) is 0 Å². The Morgan fingerprint density at radius 2 is 1.66 bits per heavy atom. The van der Waals surface area contributed by atoms with Gasteiger partial charge in [0.15, 0.2) is 5.65 Å². The quantitative estimate of drug-likeness (QED) is 0.521. The van der Waals surface area contributed by atoms with Crippen LogP contribution in [0.15, 0.2) is 90.1 Å². The summed E-state index contributed by atoms with van der Waals surface area (Å²) in [5, 5.41) is 6.57. The first-order valence-corrected chi connectivity index (χ1v) is 9.02. The van der Waals surface area contributed by atoms with Crippen molar-refractivity contribution in [2.75, 3.05) is 5.43 Å². The average Bonchev–Trinajstić information content (AvgIpc) is 3.21. The molecule has 0 saturated heterocycles. The molecule has 1 amide bonds. The SMILES string of the molecule is O=C(Nn1cnc2c(cnn2-c2ccccc2)c1=O)c1ccc2ccccc2c1. The number of para-hydroxylation sites is 1. The molecule has 0 aliphatic rings. The van der Waals surface area contributed by atoms with Gasteiger partial charge in [0.1, 0.15) is 11.7 Å². The Balaban J connectivity index is 1.49. The van der Waals surface area contributed by atoms with Crippen LogP contribution in [-0.4, -0.2) is 25.3 Å². The van der Waals surface area contributed by atoms with Crippen LogP contribution < -0.4 is 11.0 Å². The first-order chi connectivity index (χ1) is 14.2. The number of nitrogens with zero attached hydrogens (tertiary/aromatic N) is 4. The lowest BCUT2D eigenvalue weighted by atomic mass is 10.1. The van der Waals surface area contributed by atoms with E-state index in [-0.39, 0.29) is 0 Å². The molecule has 0 atom stereocenters. The van der Waals surface area contributed by atoms with Crippen LogP contribution in [0.2, 0.25) is 0 Å². The van der Waals surface area contributed by atoms with Gasteiger partial charge in [0, 0.05) is 5.56 Å². The Morgan fingerprint density at radius 1 is 0.897 bits per heavy atom. The lowest BCUT2D eigenvalue weighted by Crippen LogP contribution is -2.33. The highest BCUT2D eigenvalue weighted by Gasteiger charge is 2.13. The number of benzene rings is 3. The van der Waals surface area contributed by atoms with E-state index in [9.17, 15) is 9.59 Å². The fourth-order valence-electron chi connectivity index (χ4n) is 3.25. The first kappa shape index (κ1) is 16.9. The third-order valence-electron chi connectivity index (χ3n) is 4.72. The summed E-state index contributed by atoms with van der Waals surface area (Å²) < 4.78 is 2.67. The molecular weight excluding hydrogens is 366 g/mol. The van der Waals surface area contributed by atoms with Crippen LogP contribution in [-0.2, 0) is 0 Å². The van der Waals surface area contributed by atoms with Gasteiger partial charge < -0.3 is 0 Å². The third kappa shape index (κ3) is 2.94. The zero-order chi connectivity index (χ0) is 19.8. The van der Waals surface area contributed by atoms with Gasteiger partial charge in [-0.3, -0.25) is 15.0 Å². The zero-order valence-corrected chi connectivity index (χ0v) is 15.2. The van der Waals surface area contributed by atoms with Crippen molar-refractivity contribution in [2.24, 2.45) is 0 Å². The van der Waals surface area contributed by atoms with E-state index >= 15 is 0 Å². The molecule has 0 aliphatic carbocycles. The molecule has 7 heteroatoms. The maximum absolute atomic E-state index is 12.8. The summed E-state index contributed by atoms with van der Waals surface area (Å²) in [4.78, 5) is 29.8. The van der Waals surface area contributed by atoms with Crippen LogP contribution in [0.25, 0.3) is 27.5 Å². The molecule has 2 aromatic heterocycles. The van der Waals surface area contributed by atoms with Crippen LogP contribution >= 0.6 is 0 Å². The predicted octanol–water partition coefficient (Wildman–Crippen LogP) is 3.12. The minimum Gasteiger partial charge on any atom is -0.267 e. The van der Waals surface area contributed by atoms with Gasteiger partial charge in [-0.2, -0.15) is 5.10 Å². The van der Waals surface area contributed by atoms with Gasteiger partial charge in [-0.05, 0) is 35.0 Å². The molecule has 0 bridgehead atoms. The number of aromatic nitrogens is 4. The van der Waals surface area contributed by atoms with Crippen LogP contribution in [0.4, 0.5) is 0 Å². The number of carbonyl (C=O) groups excluding carboxylic acids is 1. The van der Waals surface area contributed by atoms with Crippen molar-refractivity contribution in [3.8, 4) is 5.69 Å². The van der Waals surface area contributed by atoms with Gasteiger partial charge in [0.2, 0.25) is 0 Å². The first-order valence-electron chi connectivity index (χ1n) is 9.02. The summed E-state index contributed by atoms with van der Waals surface area (Å²) in [6, 6.07) is 22.6. The molecule has 1 N–H and O–H groups in total. The number of hydrogen-bond acceptors (Lipinski definition) is 4. The molecular formula is C22H15N5O2. The normalized spacial score (nSPS) is 11.0. The van der Waals surface area contributed by atoms with Gasteiger partial charge in [0.05, 0.1) is 11.9 Å². The summed E-state index contributed by atoms with van der Waals surface area (Å²) in [6.07, 6.45) is 2.75. The summed E-state index contributed by atoms with van der Waals surface area (Å²) in [7, 11) is 0. The second-order valence-corrected chi connectivity index (χ2v) is 6.55. The Labute approximate surface area is 164 Å². The molecule has 3 aromatic carbocycles. The van der Waals surface area contributed by atoms with Crippen molar-refractivity contribution in [1.29, 1.82) is 0 Å². The van der Waals surface area contributed by atoms with Crippen LogP contribution in [0.3, 0.4) is 0 Å². The second-order valence-electron chi connectivity index (χ2n) is 6.55. The van der Waals surface area contributed by atoms with E-state index in [4.69, 9.17) is 0 Å². The van der Waals surface area contributed by atoms with Crippen molar-refractivity contribution >= 4 is 27.7 Å². The topological polar surface area (TPSA) is 81.8 Å². The minimum atomic E-state index is -0.397. The molecule has 7 nitrogen and oxygen atoms in total. The second kappa shape index (κ2) is 6.72. The van der Waals surface area contributed by atoms with Crippen molar-refractivity contribution in [3.05, 3.63) is 101 Å². The van der Waals surface area contributed by atoms with Gasteiger partial charge in [-0.25, -0.2) is 14.3 Å². The summed E-state index contributed by atoms with van der Waals surface area (Å²) >= 11 is 0. The third-order valence-corrected chi connectivity index (χ3v) is 4.72. The molecule has 5 rings (SSSR count). The maximum atomic E-state index is 12.8. The highest BCUT2D eigenvalue weighted by molar-refractivity contribution is 6.03. The minimum absolute atomic E-state index is 0.315. The van der Waals surface area contributed by atoms with E-state index in [0.29, 0.717) is 16.6 Å². The Morgan fingerprint density at radius 3 is 2.48 bits per heavy atom. The maximum Gasteiger partial charge on any atom is 0.283 e.